The summed E-state index contributed by atoms with van der Waals surface area (Å²) in [7, 11) is 1.93. The molecular formula is C20H30N4O2S. The van der Waals surface area contributed by atoms with E-state index in [2.05, 4.69) is 21.4 Å². The van der Waals surface area contributed by atoms with E-state index in [1.54, 1.807) is 0 Å². The average molecular weight is 391 g/mol. The molecule has 1 fully saturated rings. The topological polar surface area (TPSA) is 62.6 Å². The number of ether oxygens (including phenoxy) is 1. The Morgan fingerprint density at radius 1 is 1.30 bits per heavy atom. The molecule has 148 valence electrons. The molecule has 2 heterocycles. The standard InChI is InChI=1S/C20H30N4O2S/c1-23-14-17(12-22-23)6-7-21-13-18-4-2-3-5-20(18)26-16-19(25)15-24-8-10-27-11-9-24/h2-5,12,14,19,21,25H,6-11,13,15-16H2,1H3/t19-/m1/s1. The quantitative estimate of drug-likeness (QED) is 0.600. The van der Waals surface area contributed by atoms with E-state index in [1.807, 2.05) is 54.1 Å². The number of aliphatic hydroxyl groups excluding tert-OH is 1. The van der Waals surface area contributed by atoms with Crippen molar-refractivity contribution in [2.45, 2.75) is 19.1 Å². The number of rotatable bonds is 10. The lowest BCUT2D eigenvalue weighted by atomic mass is 10.2. The average Bonchev–Trinajstić information content (AvgIpc) is 3.10. The van der Waals surface area contributed by atoms with Crippen molar-refractivity contribution in [3.63, 3.8) is 0 Å². The van der Waals surface area contributed by atoms with Crippen LogP contribution in [0.3, 0.4) is 0 Å². The van der Waals surface area contributed by atoms with E-state index in [4.69, 9.17) is 4.74 Å². The fraction of sp³-hybridized carbons (Fsp3) is 0.550. The highest BCUT2D eigenvalue weighted by molar-refractivity contribution is 7.99. The number of nitrogens with one attached hydrogen (secondary N) is 1. The lowest BCUT2D eigenvalue weighted by Crippen LogP contribution is -2.40. The highest BCUT2D eigenvalue weighted by Crippen LogP contribution is 2.18. The highest BCUT2D eigenvalue weighted by atomic mass is 32.2. The Kier molecular flexibility index (Phi) is 8.01. The first kappa shape index (κ1) is 20.2. The number of thioether (sulfide) groups is 1. The summed E-state index contributed by atoms with van der Waals surface area (Å²) in [6.45, 7) is 4.76. The summed E-state index contributed by atoms with van der Waals surface area (Å²) in [5.74, 6) is 3.15. The number of hydrogen-bond acceptors (Lipinski definition) is 6. The lowest BCUT2D eigenvalue weighted by Gasteiger charge is -2.28. The second-order valence-corrected chi connectivity index (χ2v) is 8.16. The lowest BCUT2D eigenvalue weighted by molar-refractivity contribution is 0.0711. The Labute approximate surface area is 165 Å². The van der Waals surface area contributed by atoms with Gasteiger partial charge in [-0.1, -0.05) is 18.2 Å². The Bertz CT molecular complexity index is 688. The molecule has 2 aromatic rings. The van der Waals surface area contributed by atoms with Crippen LogP contribution in [0, 0.1) is 0 Å². The molecule has 0 amide bonds. The summed E-state index contributed by atoms with van der Waals surface area (Å²) >= 11 is 1.98. The van der Waals surface area contributed by atoms with Crippen molar-refractivity contribution in [2.75, 3.05) is 44.3 Å². The van der Waals surface area contributed by atoms with Gasteiger partial charge in [-0.2, -0.15) is 16.9 Å². The van der Waals surface area contributed by atoms with Crippen LogP contribution in [-0.4, -0.2) is 70.2 Å². The second kappa shape index (κ2) is 10.7. The van der Waals surface area contributed by atoms with Crippen LogP contribution in [0.2, 0.25) is 0 Å². The number of nitrogens with zero attached hydrogens (tertiary/aromatic N) is 3. The van der Waals surface area contributed by atoms with Crippen molar-refractivity contribution in [3.8, 4) is 5.75 Å². The zero-order valence-corrected chi connectivity index (χ0v) is 16.8. The number of hydrogen-bond donors (Lipinski definition) is 2. The minimum Gasteiger partial charge on any atom is -0.491 e. The fourth-order valence-corrected chi connectivity index (χ4v) is 4.15. The molecule has 2 N–H and O–H groups in total. The Morgan fingerprint density at radius 3 is 2.89 bits per heavy atom. The van der Waals surface area contributed by atoms with Gasteiger partial charge in [0.1, 0.15) is 18.5 Å². The molecule has 0 unspecified atom stereocenters. The van der Waals surface area contributed by atoms with Gasteiger partial charge in [0.25, 0.3) is 0 Å². The molecular weight excluding hydrogens is 360 g/mol. The molecule has 3 rings (SSSR count). The van der Waals surface area contributed by atoms with E-state index in [1.165, 1.54) is 5.56 Å². The van der Waals surface area contributed by atoms with Crippen LogP contribution >= 0.6 is 11.8 Å². The predicted octanol–water partition coefficient (Wildman–Crippen LogP) is 1.54. The minimum atomic E-state index is -0.459. The van der Waals surface area contributed by atoms with Crippen LogP contribution in [0.15, 0.2) is 36.7 Å². The van der Waals surface area contributed by atoms with Gasteiger partial charge in [-0.05, 0) is 24.6 Å². The van der Waals surface area contributed by atoms with E-state index >= 15 is 0 Å². The molecule has 1 atom stereocenters. The zero-order valence-electron chi connectivity index (χ0n) is 16.0. The maximum Gasteiger partial charge on any atom is 0.123 e. The van der Waals surface area contributed by atoms with E-state index < -0.39 is 6.10 Å². The smallest absolute Gasteiger partial charge is 0.123 e. The van der Waals surface area contributed by atoms with Crippen LogP contribution in [0.4, 0.5) is 0 Å². The third-order valence-electron chi connectivity index (χ3n) is 4.64. The summed E-state index contributed by atoms with van der Waals surface area (Å²) in [4.78, 5) is 2.32. The summed E-state index contributed by atoms with van der Waals surface area (Å²) in [5, 5.41) is 18.0. The largest absolute Gasteiger partial charge is 0.491 e. The number of benzene rings is 1. The minimum absolute atomic E-state index is 0.330. The second-order valence-electron chi connectivity index (χ2n) is 6.93. The first-order valence-electron chi connectivity index (χ1n) is 9.58. The molecule has 7 heteroatoms. The van der Waals surface area contributed by atoms with E-state index in [9.17, 15) is 5.11 Å². The van der Waals surface area contributed by atoms with Gasteiger partial charge in [0.05, 0.1) is 6.20 Å². The molecule has 0 aliphatic carbocycles. The van der Waals surface area contributed by atoms with Crippen molar-refractivity contribution in [3.05, 3.63) is 47.8 Å². The third-order valence-corrected chi connectivity index (χ3v) is 5.58. The summed E-state index contributed by atoms with van der Waals surface area (Å²) in [6.07, 6.45) is 4.44. The monoisotopic (exact) mass is 390 g/mol. The Hall–Kier alpha value is -1.54. The van der Waals surface area contributed by atoms with Gasteiger partial charge in [-0.25, -0.2) is 0 Å². The summed E-state index contributed by atoms with van der Waals surface area (Å²) in [5.41, 5.74) is 2.35. The summed E-state index contributed by atoms with van der Waals surface area (Å²) in [6, 6.07) is 8.04. The van der Waals surface area contributed by atoms with Crippen LogP contribution in [0.1, 0.15) is 11.1 Å². The zero-order chi connectivity index (χ0) is 18.9. The van der Waals surface area contributed by atoms with Crippen molar-refractivity contribution < 1.29 is 9.84 Å². The molecule has 1 aliphatic rings. The van der Waals surface area contributed by atoms with Gasteiger partial charge >= 0.3 is 0 Å². The maximum absolute atomic E-state index is 10.3. The van der Waals surface area contributed by atoms with Gasteiger partial charge in [0.15, 0.2) is 0 Å². The van der Waals surface area contributed by atoms with Crippen molar-refractivity contribution >= 4 is 11.8 Å². The van der Waals surface area contributed by atoms with Crippen molar-refractivity contribution in [2.24, 2.45) is 7.05 Å². The highest BCUT2D eigenvalue weighted by Gasteiger charge is 2.15. The number of aromatic nitrogens is 2. The molecule has 1 saturated heterocycles. The van der Waals surface area contributed by atoms with Crippen LogP contribution in [0.25, 0.3) is 0 Å². The van der Waals surface area contributed by atoms with Gasteiger partial charge in [-0.15, -0.1) is 0 Å². The van der Waals surface area contributed by atoms with Crippen molar-refractivity contribution in [1.29, 1.82) is 0 Å². The molecule has 1 aromatic carbocycles. The van der Waals surface area contributed by atoms with E-state index in [0.29, 0.717) is 13.2 Å². The normalized spacial score (nSPS) is 16.4. The van der Waals surface area contributed by atoms with Gasteiger partial charge < -0.3 is 15.2 Å². The number of β-amino-alcohol motifs (C(OH)–C–C–N with tert-alkyl or cyclic N) is 1. The first-order chi connectivity index (χ1) is 13.2. The number of para-hydroxylation sites is 1. The number of aryl methyl sites for hydroxylation is 1. The van der Waals surface area contributed by atoms with Gasteiger partial charge in [0.2, 0.25) is 0 Å². The molecule has 0 radical (unpaired) electrons. The molecule has 6 nitrogen and oxygen atoms in total. The molecule has 1 aliphatic heterocycles. The molecule has 0 spiro atoms. The molecule has 1 aromatic heterocycles. The maximum atomic E-state index is 10.3. The van der Waals surface area contributed by atoms with Crippen LogP contribution in [0.5, 0.6) is 5.75 Å². The Morgan fingerprint density at radius 2 is 2.11 bits per heavy atom. The van der Waals surface area contributed by atoms with E-state index in [0.717, 1.165) is 55.4 Å². The third kappa shape index (κ3) is 6.84. The van der Waals surface area contributed by atoms with Crippen LogP contribution in [-0.2, 0) is 20.0 Å². The van der Waals surface area contributed by atoms with Crippen molar-refractivity contribution in [1.82, 2.24) is 20.0 Å². The number of aliphatic hydroxyl groups is 1. The molecule has 27 heavy (non-hydrogen) atoms. The summed E-state index contributed by atoms with van der Waals surface area (Å²) < 4.78 is 7.75. The van der Waals surface area contributed by atoms with Gasteiger partial charge in [-0.3, -0.25) is 9.58 Å². The molecule has 0 saturated carbocycles. The molecule has 0 bridgehead atoms. The van der Waals surface area contributed by atoms with Crippen LogP contribution < -0.4 is 10.1 Å². The van der Waals surface area contributed by atoms with E-state index in [-0.39, 0.29) is 0 Å². The van der Waals surface area contributed by atoms with Gasteiger partial charge in [0, 0.05) is 56.5 Å². The SMILES string of the molecule is Cn1cc(CCNCc2ccccc2OC[C@H](O)CN2CCSCC2)cn1. The Balaban J connectivity index is 1.41. The fourth-order valence-electron chi connectivity index (χ4n) is 3.17. The predicted molar refractivity (Wildman–Crippen MR) is 110 cm³/mol. The first-order valence-corrected chi connectivity index (χ1v) is 10.7.